The van der Waals surface area contributed by atoms with Crippen LogP contribution in [0.5, 0.6) is 0 Å². The van der Waals surface area contributed by atoms with Crippen molar-refractivity contribution >= 4 is 28.3 Å². The Labute approximate surface area is 152 Å². The molecule has 3 heterocycles. The summed E-state index contributed by atoms with van der Waals surface area (Å²) in [5.41, 5.74) is 1.59. The van der Waals surface area contributed by atoms with Gasteiger partial charge in [0.15, 0.2) is 5.82 Å². The summed E-state index contributed by atoms with van der Waals surface area (Å²) in [6.45, 7) is 0.662. The number of rotatable bonds is 6. The van der Waals surface area contributed by atoms with E-state index in [4.69, 9.17) is 9.63 Å². The molecule has 8 nitrogen and oxygen atoms in total. The number of fused-ring (bicyclic) bond motifs is 1. The van der Waals surface area contributed by atoms with Gasteiger partial charge in [-0.3, -0.25) is 4.68 Å². The first-order valence-electron chi connectivity index (χ1n) is 7.98. The molecule has 4 rings (SSSR count). The third-order valence-electron chi connectivity index (χ3n) is 3.86. The average molecular weight is 369 g/mol. The zero-order chi connectivity index (χ0) is 17.9. The lowest BCUT2D eigenvalue weighted by atomic mass is 10.2. The van der Waals surface area contributed by atoms with Gasteiger partial charge in [0.25, 0.3) is 5.89 Å². The molecule has 26 heavy (non-hydrogen) atoms. The van der Waals surface area contributed by atoms with Gasteiger partial charge >= 0.3 is 6.09 Å². The van der Waals surface area contributed by atoms with Crippen LogP contribution in [0, 0.1) is 0 Å². The first-order chi connectivity index (χ1) is 12.7. The maximum absolute atomic E-state index is 10.6. The number of aromatic nitrogens is 4. The summed E-state index contributed by atoms with van der Waals surface area (Å²) in [4.78, 5) is 16.2. The first kappa shape index (κ1) is 16.3. The molecule has 0 unspecified atom stereocenters. The van der Waals surface area contributed by atoms with Gasteiger partial charge < -0.3 is 14.9 Å². The predicted octanol–water partition coefficient (Wildman–Crippen LogP) is 3.16. The molecule has 3 aromatic heterocycles. The van der Waals surface area contributed by atoms with Gasteiger partial charge in [-0.05, 0) is 17.5 Å². The van der Waals surface area contributed by atoms with Crippen molar-refractivity contribution in [1.82, 2.24) is 25.2 Å². The maximum Gasteiger partial charge on any atom is 0.405 e. The molecule has 4 aromatic rings. The monoisotopic (exact) mass is 369 g/mol. The Bertz CT molecular complexity index is 1040. The van der Waals surface area contributed by atoms with Crippen molar-refractivity contribution in [2.45, 2.75) is 19.5 Å². The fourth-order valence-corrected chi connectivity index (χ4v) is 3.41. The summed E-state index contributed by atoms with van der Waals surface area (Å²) < 4.78 is 7.24. The van der Waals surface area contributed by atoms with E-state index < -0.39 is 6.09 Å². The van der Waals surface area contributed by atoms with Crippen LogP contribution in [-0.2, 0) is 19.5 Å². The Kier molecular flexibility index (Phi) is 4.36. The zero-order valence-electron chi connectivity index (χ0n) is 13.6. The number of hydrogen-bond acceptors (Lipinski definition) is 6. The molecule has 1 amide bonds. The average Bonchev–Trinajstić information content (AvgIpc) is 3.36. The van der Waals surface area contributed by atoms with Crippen molar-refractivity contribution in [3.8, 4) is 11.6 Å². The maximum atomic E-state index is 10.6. The summed E-state index contributed by atoms with van der Waals surface area (Å²) >= 11 is 1.71. The number of nitrogens with one attached hydrogen (secondary N) is 1. The Morgan fingerprint density at radius 2 is 2.15 bits per heavy atom. The van der Waals surface area contributed by atoms with Crippen LogP contribution >= 0.6 is 11.3 Å². The van der Waals surface area contributed by atoms with E-state index in [-0.39, 0.29) is 12.4 Å². The molecular weight excluding hydrogens is 354 g/mol. The van der Waals surface area contributed by atoms with Gasteiger partial charge in [0.1, 0.15) is 5.69 Å². The molecule has 2 N–H and O–H groups in total. The number of carbonyl (C=O) groups is 1. The molecule has 0 fully saturated rings. The van der Waals surface area contributed by atoms with Crippen LogP contribution in [0.2, 0.25) is 0 Å². The van der Waals surface area contributed by atoms with Crippen molar-refractivity contribution in [1.29, 1.82) is 0 Å². The molecule has 132 valence electrons. The van der Waals surface area contributed by atoms with Crippen LogP contribution in [0.15, 0.2) is 46.3 Å². The Morgan fingerprint density at radius 3 is 2.96 bits per heavy atom. The number of amides is 1. The minimum atomic E-state index is -1.14. The van der Waals surface area contributed by atoms with E-state index in [1.54, 1.807) is 11.3 Å². The summed E-state index contributed by atoms with van der Waals surface area (Å²) in [5.74, 6) is 0.601. The Morgan fingerprint density at radius 1 is 1.27 bits per heavy atom. The number of thiophene rings is 1. The van der Waals surface area contributed by atoms with Crippen molar-refractivity contribution in [3.63, 3.8) is 0 Å². The summed E-state index contributed by atoms with van der Waals surface area (Å²) in [5, 5.41) is 22.4. The second kappa shape index (κ2) is 6.96. The van der Waals surface area contributed by atoms with E-state index in [0.717, 1.165) is 23.0 Å². The van der Waals surface area contributed by atoms with Crippen molar-refractivity contribution in [2.75, 3.05) is 0 Å². The molecule has 9 heteroatoms. The lowest BCUT2D eigenvalue weighted by molar-refractivity contribution is 0.193. The van der Waals surface area contributed by atoms with Crippen LogP contribution in [0.4, 0.5) is 4.79 Å². The number of benzene rings is 1. The first-order valence-corrected chi connectivity index (χ1v) is 8.86. The van der Waals surface area contributed by atoms with Crippen LogP contribution < -0.4 is 5.32 Å². The number of hydrogen-bond donors (Lipinski definition) is 2. The van der Waals surface area contributed by atoms with Crippen LogP contribution in [0.3, 0.4) is 0 Å². The molecular formula is C17H15N5O3S. The highest BCUT2D eigenvalue weighted by molar-refractivity contribution is 7.09. The van der Waals surface area contributed by atoms with Gasteiger partial charge in [0.2, 0.25) is 0 Å². The quantitative estimate of drug-likeness (QED) is 0.541. The lowest BCUT2D eigenvalue weighted by Crippen LogP contribution is -2.20. The molecule has 0 atom stereocenters. The van der Waals surface area contributed by atoms with E-state index in [9.17, 15) is 4.79 Å². The van der Waals surface area contributed by atoms with Gasteiger partial charge in [-0.25, -0.2) is 4.79 Å². The fourth-order valence-electron chi connectivity index (χ4n) is 2.72. The van der Waals surface area contributed by atoms with E-state index >= 15 is 0 Å². The van der Waals surface area contributed by atoms with E-state index in [2.05, 4.69) is 32.0 Å². The summed E-state index contributed by atoms with van der Waals surface area (Å²) in [7, 11) is 0. The van der Waals surface area contributed by atoms with Gasteiger partial charge in [0, 0.05) is 23.2 Å². The minimum absolute atomic E-state index is 0.0138. The Hall–Kier alpha value is -3.20. The second-order valence-corrected chi connectivity index (χ2v) is 6.62. The van der Waals surface area contributed by atoms with Gasteiger partial charge in [-0.1, -0.05) is 29.4 Å². The third-order valence-corrected chi connectivity index (χ3v) is 4.80. The van der Waals surface area contributed by atoms with Crippen molar-refractivity contribution in [2.24, 2.45) is 0 Å². The molecule has 0 spiro atoms. The highest BCUT2D eigenvalue weighted by atomic mass is 32.1. The molecule has 0 saturated carbocycles. The predicted molar refractivity (Wildman–Crippen MR) is 95.9 cm³/mol. The van der Waals surface area contributed by atoms with E-state index in [0.29, 0.717) is 12.4 Å². The van der Waals surface area contributed by atoms with Crippen LogP contribution in [-0.4, -0.2) is 31.1 Å². The fraction of sp³-hybridized carbons (Fsp3) is 0.176. The van der Waals surface area contributed by atoms with E-state index in [1.807, 2.05) is 35.0 Å². The molecule has 0 aliphatic heterocycles. The van der Waals surface area contributed by atoms with Crippen LogP contribution in [0.25, 0.3) is 22.5 Å². The molecule has 0 aliphatic carbocycles. The topological polar surface area (TPSA) is 106 Å². The second-order valence-electron chi connectivity index (χ2n) is 5.59. The molecule has 0 aliphatic rings. The van der Waals surface area contributed by atoms with Crippen LogP contribution in [0.1, 0.15) is 10.7 Å². The van der Waals surface area contributed by atoms with Gasteiger partial charge in [-0.2, -0.15) is 10.1 Å². The number of nitrogens with zero attached hydrogens (tertiary/aromatic N) is 4. The largest absolute Gasteiger partial charge is 0.465 e. The smallest absolute Gasteiger partial charge is 0.405 e. The highest BCUT2D eigenvalue weighted by Gasteiger charge is 2.19. The molecule has 1 aromatic carbocycles. The van der Waals surface area contributed by atoms with Crippen molar-refractivity contribution in [3.05, 3.63) is 52.5 Å². The minimum Gasteiger partial charge on any atom is -0.465 e. The summed E-state index contributed by atoms with van der Waals surface area (Å²) in [6, 6.07) is 11.9. The van der Waals surface area contributed by atoms with Gasteiger partial charge in [-0.15, -0.1) is 11.3 Å². The standard InChI is InChI=1S/C17H15N5O3S/c23-17(24)18-10-14-19-16(25-21-14)15-12-5-1-2-6-13(12)20-22(15)8-7-11-4-3-9-26-11/h1-6,9,18H,7-8,10H2,(H,23,24). The summed E-state index contributed by atoms with van der Waals surface area (Å²) in [6.07, 6.45) is -0.289. The number of aryl methyl sites for hydroxylation is 2. The molecule has 0 saturated heterocycles. The SMILES string of the molecule is O=C(O)NCc1noc(-c2c3ccccc3nn2CCc2cccs2)n1. The Balaban J connectivity index is 1.68. The zero-order valence-corrected chi connectivity index (χ0v) is 14.4. The molecule has 0 radical (unpaired) electrons. The number of carboxylic acid groups (broad SMARTS) is 1. The van der Waals surface area contributed by atoms with Crippen molar-refractivity contribution < 1.29 is 14.4 Å². The van der Waals surface area contributed by atoms with E-state index in [1.165, 1.54) is 4.88 Å². The lowest BCUT2D eigenvalue weighted by Gasteiger charge is -2.03. The van der Waals surface area contributed by atoms with Gasteiger partial charge in [0.05, 0.1) is 12.1 Å². The normalized spacial score (nSPS) is 11.1. The highest BCUT2D eigenvalue weighted by Crippen LogP contribution is 2.28. The third kappa shape index (κ3) is 3.29. The molecule has 0 bridgehead atoms.